The Hall–Kier alpha value is -2.88. The molecule has 0 aliphatic rings. The SMILES string of the molecule is CN(C(=O)Cc1cnn(-c2ccccc2)c1)c1ccccc1. The molecule has 0 aliphatic heterocycles. The predicted octanol–water partition coefficient (Wildman–Crippen LogP) is 3.08. The van der Waals surface area contributed by atoms with Gasteiger partial charge in [-0.25, -0.2) is 4.68 Å². The van der Waals surface area contributed by atoms with Crippen molar-refractivity contribution in [2.45, 2.75) is 6.42 Å². The van der Waals surface area contributed by atoms with Crippen molar-refractivity contribution in [3.8, 4) is 5.69 Å². The van der Waals surface area contributed by atoms with Crippen molar-refractivity contribution in [1.29, 1.82) is 0 Å². The lowest BCUT2D eigenvalue weighted by atomic mass is 10.2. The first-order valence-corrected chi connectivity index (χ1v) is 7.14. The zero-order valence-electron chi connectivity index (χ0n) is 12.4. The van der Waals surface area contributed by atoms with Crippen LogP contribution in [0.15, 0.2) is 73.1 Å². The van der Waals surface area contributed by atoms with Crippen LogP contribution in [-0.2, 0) is 11.2 Å². The lowest BCUT2D eigenvalue weighted by molar-refractivity contribution is -0.117. The maximum atomic E-state index is 12.3. The van der Waals surface area contributed by atoms with Gasteiger partial charge in [0.15, 0.2) is 0 Å². The van der Waals surface area contributed by atoms with Crippen molar-refractivity contribution in [2.24, 2.45) is 0 Å². The fourth-order valence-electron chi connectivity index (χ4n) is 2.26. The van der Waals surface area contributed by atoms with Gasteiger partial charge in [-0.15, -0.1) is 0 Å². The minimum absolute atomic E-state index is 0.0406. The highest BCUT2D eigenvalue weighted by molar-refractivity contribution is 5.94. The Bertz CT molecular complexity index is 750. The van der Waals surface area contributed by atoms with Gasteiger partial charge in [-0.05, 0) is 29.8 Å². The molecular weight excluding hydrogens is 274 g/mol. The molecule has 4 heteroatoms. The normalized spacial score (nSPS) is 10.4. The number of carbonyl (C=O) groups is 1. The Kier molecular flexibility index (Phi) is 4.01. The van der Waals surface area contributed by atoms with Crippen LogP contribution in [-0.4, -0.2) is 22.7 Å². The smallest absolute Gasteiger partial charge is 0.231 e. The number of rotatable bonds is 4. The van der Waals surface area contributed by atoms with E-state index in [-0.39, 0.29) is 5.91 Å². The Morgan fingerprint density at radius 2 is 1.68 bits per heavy atom. The van der Waals surface area contributed by atoms with Gasteiger partial charge >= 0.3 is 0 Å². The highest BCUT2D eigenvalue weighted by Gasteiger charge is 2.12. The summed E-state index contributed by atoms with van der Waals surface area (Å²) in [6.45, 7) is 0. The highest BCUT2D eigenvalue weighted by Crippen LogP contribution is 2.14. The zero-order chi connectivity index (χ0) is 15.4. The summed E-state index contributed by atoms with van der Waals surface area (Å²) in [5, 5.41) is 4.32. The second kappa shape index (κ2) is 6.26. The van der Waals surface area contributed by atoms with Crippen LogP contribution in [0.2, 0.25) is 0 Å². The topological polar surface area (TPSA) is 38.1 Å². The Morgan fingerprint density at radius 3 is 2.36 bits per heavy atom. The van der Waals surface area contributed by atoms with Gasteiger partial charge in [0.25, 0.3) is 0 Å². The fraction of sp³-hybridized carbons (Fsp3) is 0.111. The van der Waals surface area contributed by atoms with Gasteiger partial charge in [-0.3, -0.25) is 4.79 Å². The number of nitrogens with zero attached hydrogens (tertiary/aromatic N) is 3. The van der Waals surface area contributed by atoms with Crippen LogP contribution in [0.5, 0.6) is 0 Å². The van der Waals surface area contributed by atoms with Gasteiger partial charge in [0.05, 0.1) is 18.3 Å². The molecule has 2 aromatic carbocycles. The number of amides is 1. The van der Waals surface area contributed by atoms with Crippen molar-refractivity contribution in [2.75, 3.05) is 11.9 Å². The molecule has 0 fully saturated rings. The average Bonchev–Trinajstić information content (AvgIpc) is 3.04. The Morgan fingerprint density at radius 1 is 1.05 bits per heavy atom. The van der Waals surface area contributed by atoms with E-state index in [0.717, 1.165) is 16.9 Å². The molecule has 0 spiro atoms. The molecule has 3 rings (SSSR count). The number of para-hydroxylation sites is 2. The second-order valence-corrected chi connectivity index (χ2v) is 5.09. The van der Waals surface area contributed by atoms with Crippen molar-refractivity contribution in [3.63, 3.8) is 0 Å². The van der Waals surface area contributed by atoms with E-state index in [1.165, 1.54) is 0 Å². The largest absolute Gasteiger partial charge is 0.315 e. The third kappa shape index (κ3) is 3.06. The van der Waals surface area contributed by atoms with Gasteiger partial charge in [-0.1, -0.05) is 36.4 Å². The summed E-state index contributed by atoms with van der Waals surface area (Å²) in [4.78, 5) is 14.0. The van der Waals surface area contributed by atoms with Gasteiger partial charge in [-0.2, -0.15) is 5.10 Å². The van der Waals surface area contributed by atoms with Crippen LogP contribution in [0.25, 0.3) is 5.69 Å². The molecule has 0 saturated carbocycles. The number of anilines is 1. The quantitative estimate of drug-likeness (QED) is 0.741. The highest BCUT2D eigenvalue weighted by atomic mass is 16.2. The summed E-state index contributed by atoms with van der Waals surface area (Å²) < 4.78 is 1.78. The number of benzene rings is 2. The van der Waals surface area contributed by atoms with Crippen molar-refractivity contribution in [1.82, 2.24) is 9.78 Å². The van der Waals surface area contributed by atoms with Crippen LogP contribution >= 0.6 is 0 Å². The van der Waals surface area contributed by atoms with Crippen molar-refractivity contribution < 1.29 is 4.79 Å². The van der Waals surface area contributed by atoms with Gasteiger partial charge < -0.3 is 4.90 Å². The molecule has 0 saturated heterocycles. The predicted molar refractivity (Wildman–Crippen MR) is 87.1 cm³/mol. The van der Waals surface area contributed by atoms with Crippen LogP contribution in [0.4, 0.5) is 5.69 Å². The van der Waals surface area contributed by atoms with Gasteiger partial charge in [0, 0.05) is 18.9 Å². The van der Waals surface area contributed by atoms with Crippen LogP contribution in [0, 0.1) is 0 Å². The Balaban J connectivity index is 1.71. The summed E-state index contributed by atoms with van der Waals surface area (Å²) in [5.41, 5.74) is 2.78. The number of aromatic nitrogens is 2. The monoisotopic (exact) mass is 291 g/mol. The first-order chi connectivity index (χ1) is 10.7. The minimum atomic E-state index is 0.0406. The molecular formula is C18H17N3O. The summed E-state index contributed by atoms with van der Waals surface area (Å²) >= 11 is 0. The van der Waals surface area contributed by atoms with E-state index in [2.05, 4.69) is 5.10 Å². The van der Waals surface area contributed by atoms with E-state index >= 15 is 0 Å². The first-order valence-electron chi connectivity index (χ1n) is 7.14. The molecule has 0 radical (unpaired) electrons. The number of hydrogen-bond donors (Lipinski definition) is 0. The molecule has 1 heterocycles. The van der Waals surface area contributed by atoms with E-state index in [0.29, 0.717) is 6.42 Å². The summed E-state index contributed by atoms with van der Waals surface area (Å²) in [7, 11) is 1.79. The van der Waals surface area contributed by atoms with E-state index in [9.17, 15) is 4.79 Å². The van der Waals surface area contributed by atoms with Crippen LogP contribution < -0.4 is 4.90 Å². The molecule has 4 nitrogen and oxygen atoms in total. The third-order valence-electron chi connectivity index (χ3n) is 3.53. The second-order valence-electron chi connectivity index (χ2n) is 5.09. The molecule has 0 aliphatic carbocycles. The molecule has 1 aromatic heterocycles. The first kappa shape index (κ1) is 14.1. The molecule has 0 unspecified atom stereocenters. The molecule has 3 aromatic rings. The van der Waals surface area contributed by atoms with Gasteiger partial charge in [0.2, 0.25) is 5.91 Å². The number of likely N-dealkylation sites (N-methyl/N-ethyl adjacent to an activating group) is 1. The number of hydrogen-bond acceptors (Lipinski definition) is 2. The lowest BCUT2D eigenvalue weighted by Gasteiger charge is -2.16. The van der Waals surface area contributed by atoms with Crippen molar-refractivity contribution in [3.05, 3.63) is 78.6 Å². The third-order valence-corrected chi connectivity index (χ3v) is 3.53. The van der Waals surface area contributed by atoms with Crippen molar-refractivity contribution >= 4 is 11.6 Å². The van der Waals surface area contributed by atoms with E-state index in [4.69, 9.17) is 0 Å². The standard InChI is InChI=1S/C18H17N3O/c1-20(16-8-4-2-5-9-16)18(22)12-15-13-19-21(14-15)17-10-6-3-7-11-17/h2-11,13-14H,12H2,1H3. The van der Waals surface area contributed by atoms with E-state index in [1.54, 1.807) is 22.8 Å². The maximum absolute atomic E-state index is 12.3. The molecule has 22 heavy (non-hydrogen) atoms. The maximum Gasteiger partial charge on any atom is 0.231 e. The average molecular weight is 291 g/mol. The molecule has 0 N–H and O–H groups in total. The van der Waals surface area contributed by atoms with E-state index < -0.39 is 0 Å². The molecule has 110 valence electrons. The fourth-order valence-corrected chi connectivity index (χ4v) is 2.26. The minimum Gasteiger partial charge on any atom is -0.315 e. The summed E-state index contributed by atoms with van der Waals surface area (Å²) in [6, 6.07) is 19.5. The zero-order valence-corrected chi connectivity index (χ0v) is 12.4. The Labute approximate surface area is 129 Å². The van der Waals surface area contributed by atoms with E-state index in [1.807, 2.05) is 66.9 Å². The molecule has 0 bridgehead atoms. The van der Waals surface area contributed by atoms with Crippen LogP contribution in [0.3, 0.4) is 0 Å². The van der Waals surface area contributed by atoms with Crippen LogP contribution in [0.1, 0.15) is 5.56 Å². The van der Waals surface area contributed by atoms with Gasteiger partial charge in [0.1, 0.15) is 0 Å². The number of carbonyl (C=O) groups excluding carboxylic acids is 1. The summed E-state index contributed by atoms with van der Waals surface area (Å²) in [6.07, 6.45) is 3.97. The lowest BCUT2D eigenvalue weighted by Crippen LogP contribution is -2.27. The summed E-state index contributed by atoms with van der Waals surface area (Å²) in [5.74, 6) is 0.0406. The molecule has 1 amide bonds. The molecule has 0 atom stereocenters.